The number of aromatic nitrogens is 2. The first kappa shape index (κ1) is 16.3. The van der Waals surface area contributed by atoms with Crippen molar-refractivity contribution in [3.63, 3.8) is 0 Å². The molecule has 0 bridgehead atoms. The van der Waals surface area contributed by atoms with Crippen LogP contribution in [0.5, 0.6) is 0 Å². The van der Waals surface area contributed by atoms with Crippen molar-refractivity contribution in [1.29, 1.82) is 5.26 Å². The van der Waals surface area contributed by atoms with Crippen LogP contribution in [0.1, 0.15) is 36.5 Å². The maximum atomic E-state index is 9.65. The third-order valence-electron chi connectivity index (χ3n) is 4.46. The number of para-hydroxylation sites is 2. The Bertz CT molecular complexity index is 921. The van der Waals surface area contributed by atoms with Crippen LogP contribution >= 0.6 is 0 Å². The lowest BCUT2D eigenvalue weighted by Gasteiger charge is -2.18. The molecular formula is C19H22N4O. The molecule has 0 aliphatic carbocycles. The molecule has 2 heterocycles. The Labute approximate surface area is 141 Å². The number of anilines is 1. The summed E-state index contributed by atoms with van der Waals surface area (Å²) < 4.78 is 2.07. The van der Waals surface area contributed by atoms with Gasteiger partial charge >= 0.3 is 0 Å². The van der Waals surface area contributed by atoms with Gasteiger partial charge in [0.05, 0.1) is 16.6 Å². The number of unbranched alkanes of at least 4 members (excludes halogenated alkanes) is 1. The summed E-state index contributed by atoms with van der Waals surface area (Å²) >= 11 is 0. The number of fused-ring (bicyclic) bond motifs is 3. The van der Waals surface area contributed by atoms with Crippen LogP contribution in [0.25, 0.3) is 16.7 Å². The van der Waals surface area contributed by atoms with Crippen molar-refractivity contribution in [1.82, 2.24) is 9.38 Å². The minimum Gasteiger partial charge on any atom is -0.396 e. The van der Waals surface area contributed by atoms with E-state index < -0.39 is 0 Å². The molecule has 1 aromatic carbocycles. The molecule has 2 aromatic heterocycles. The predicted molar refractivity (Wildman–Crippen MR) is 96.3 cm³/mol. The summed E-state index contributed by atoms with van der Waals surface area (Å²) in [5, 5.41) is 22.1. The molecule has 3 rings (SSSR count). The Balaban J connectivity index is 2.28. The summed E-state index contributed by atoms with van der Waals surface area (Å²) in [7, 11) is 0. The van der Waals surface area contributed by atoms with Crippen molar-refractivity contribution in [3.05, 3.63) is 41.0 Å². The molecular weight excluding hydrogens is 300 g/mol. The summed E-state index contributed by atoms with van der Waals surface area (Å²) in [6, 6.07) is 10.3. The van der Waals surface area contributed by atoms with Gasteiger partial charge in [-0.15, -0.1) is 0 Å². The fraction of sp³-hybridized carbons (Fsp3) is 0.368. The zero-order valence-electron chi connectivity index (χ0n) is 14.1. The van der Waals surface area contributed by atoms with Gasteiger partial charge in [-0.2, -0.15) is 5.26 Å². The van der Waals surface area contributed by atoms with E-state index in [4.69, 9.17) is 5.11 Å². The number of aliphatic hydroxyl groups excluding tert-OH is 1. The average Bonchev–Trinajstić information content (AvgIpc) is 2.97. The molecule has 124 valence electrons. The highest BCUT2D eigenvalue weighted by Crippen LogP contribution is 2.31. The lowest BCUT2D eigenvalue weighted by Crippen LogP contribution is -2.12. The molecule has 0 amide bonds. The van der Waals surface area contributed by atoms with Gasteiger partial charge < -0.3 is 10.4 Å². The van der Waals surface area contributed by atoms with Gasteiger partial charge in [0, 0.05) is 13.2 Å². The van der Waals surface area contributed by atoms with E-state index in [2.05, 4.69) is 27.7 Å². The zero-order chi connectivity index (χ0) is 17.1. The summed E-state index contributed by atoms with van der Waals surface area (Å²) in [4.78, 5) is 4.69. The Morgan fingerprint density at radius 1 is 1.29 bits per heavy atom. The number of pyridine rings is 1. The standard InChI is InChI=1S/C19H22N4O/c1-3-14-13(2)15(12-20)19-22-16-8-4-5-9-17(16)23(19)18(14)21-10-6-7-11-24/h4-5,8-9,21,24H,3,6-7,10-11H2,1-2H3. The first-order valence-corrected chi connectivity index (χ1v) is 8.40. The monoisotopic (exact) mass is 322 g/mol. The number of imidazole rings is 1. The molecule has 0 aliphatic rings. The SMILES string of the molecule is CCc1c(C)c(C#N)c2nc3ccccc3n2c1NCCCCO. The number of rotatable bonds is 6. The molecule has 0 atom stereocenters. The van der Waals surface area contributed by atoms with Gasteiger partial charge in [-0.1, -0.05) is 19.1 Å². The van der Waals surface area contributed by atoms with Crippen molar-refractivity contribution in [2.24, 2.45) is 0 Å². The molecule has 0 fully saturated rings. The van der Waals surface area contributed by atoms with E-state index >= 15 is 0 Å². The summed E-state index contributed by atoms with van der Waals surface area (Å²) in [6.07, 6.45) is 2.51. The van der Waals surface area contributed by atoms with Crippen molar-refractivity contribution in [2.75, 3.05) is 18.5 Å². The summed E-state index contributed by atoms with van der Waals surface area (Å²) in [5.74, 6) is 1.01. The maximum Gasteiger partial charge on any atom is 0.157 e. The van der Waals surface area contributed by atoms with Gasteiger partial charge in [0.25, 0.3) is 0 Å². The van der Waals surface area contributed by atoms with E-state index in [1.807, 2.05) is 31.2 Å². The second-order valence-corrected chi connectivity index (χ2v) is 5.91. The smallest absolute Gasteiger partial charge is 0.157 e. The first-order chi connectivity index (χ1) is 11.7. The average molecular weight is 322 g/mol. The number of nitrogens with one attached hydrogen (secondary N) is 1. The Morgan fingerprint density at radius 2 is 2.08 bits per heavy atom. The minimum absolute atomic E-state index is 0.206. The van der Waals surface area contributed by atoms with Crippen LogP contribution in [0.3, 0.4) is 0 Å². The van der Waals surface area contributed by atoms with Crippen LogP contribution in [0.2, 0.25) is 0 Å². The van der Waals surface area contributed by atoms with Crippen molar-refractivity contribution >= 4 is 22.5 Å². The highest BCUT2D eigenvalue weighted by molar-refractivity contribution is 5.86. The van der Waals surface area contributed by atoms with Crippen LogP contribution in [0.15, 0.2) is 24.3 Å². The van der Waals surface area contributed by atoms with E-state index in [1.54, 1.807) is 0 Å². The number of benzene rings is 1. The van der Waals surface area contributed by atoms with Crippen LogP contribution < -0.4 is 5.32 Å². The fourth-order valence-electron chi connectivity index (χ4n) is 3.25. The second-order valence-electron chi connectivity index (χ2n) is 5.91. The minimum atomic E-state index is 0.206. The molecule has 24 heavy (non-hydrogen) atoms. The zero-order valence-corrected chi connectivity index (χ0v) is 14.1. The third kappa shape index (κ3) is 2.59. The predicted octanol–water partition coefficient (Wildman–Crippen LogP) is 3.41. The highest BCUT2D eigenvalue weighted by atomic mass is 16.2. The van der Waals surface area contributed by atoms with E-state index in [1.165, 1.54) is 0 Å². The number of aliphatic hydroxyl groups is 1. The van der Waals surface area contributed by atoms with Crippen LogP contribution in [-0.2, 0) is 6.42 Å². The fourth-order valence-corrected chi connectivity index (χ4v) is 3.25. The molecule has 0 saturated heterocycles. The number of hydrogen-bond donors (Lipinski definition) is 2. The Hall–Kier alpha value is -2.58. The quantitative estimate of drug-likeness (QED) is 0.682. The van der Waals surface area contributed by atoms with Crippen molar-refractivity contribution in [3.8, 4) is 6.07 Å². The van der Waals surface area contributed by atoms with E-state index in [-0.39, 0.29) is 6.61 Å². The molecule has 5 nitrogen and oxygen atoms in total. The second kappa shape index (κ2) is 6.90. The van der Waals surface area contributed by atoms with Crippen molar-refractivity contribution < 1.29 is 5.11 Å². The number of nitriles is 1. The normalized spacial score (nSPS) is 11.1. The molecule has 0 saturated carbocycles. The van der Waals surface area contributed by atoms with Gasteiger partial charge in [0.15, 0.2) is 5.65 Å². The topological polar surface area (TPSA) is 73.4 Å². The Morgan fingerprint density at radius 3 is 2.79 bits per heavy atom. The maximum absolute atomic E-state index is 9.65. The van der Waals surface area contributed by atoms with Gasteiger partial charge in [-0.3, -0.25) is 4.40 Å². The molecule has 0 aliphatic heterocycles. The van der Waals surface area contributed by atoms with E-state index in [0.717, 1.165) is 53.8 Å². The largest absolute Gasteiger partial charge is 0.396 e. The number of nitrogens with zero attached hydrogens (tertiary/aromatic N) is 3. The summed E-state index contributed by atoms with van der Waals surface area (Å²) in [6.45, 7) is 5.08. The first-order valence-electron chi connectivity index (χ1n) is 8.40. The molecule has 0 unspecified atom stereocenters. The van der Waals surface area contributed by atoms with Crippen LogP contribution in [-0.4, -0.2) is 27.6 Å². The van der Waals surface area contributed by atoms with E-state index in [0.29, 0.717) is 11.2 Å². The molecule has 0 spiro atoms. The molecule has 0 radical (unpaired) electrons. The third-order valence-corrected chi connectivity index (χ3v) is 4.46. The van der Waals surface area contributed by atoms with Gasteiger partial charge in [-0.25, -0.2) is 4.98 Å². The molecule has 3 aromatic rings. The molecule has 2 N–H and O–H groups in total. The highest BCUT2D eigenvalue weighted by Gasteiger charge is 2.19. The van der Waals surface area contributed by atoms with Crippen molar-refractivity contribution in [2.45, 2.75) is 33.1 Å². The van der Waals surface area contributed by atoms with Gasteiger partial charge in [0.1, 0.15) is 11.9 Å². The lowest BCUT2D eigenvalue weighted by molar-refractivity contribution is 0.286. The molecule has 5 heteroatoms. The van der Waals surface area contributed by atoms with Gasteiger partial charge in [0.2, 0.25) is 0 Å². The number of hydrogen-bond acceptors (Lipinski definition) is 4. The Kier molecular flexibility index (Phi) is 4.68. The lowest BCUT2D eigenvalue weighted by atomic mass is 10.0. The van der Waals surface area contributed by atoms with Crippen LogP contribution in [0.4, 0.5) is 5.82 Å². The van der Waals surface area contributed by atoms with Gasteiger partial charge in [-0.05, 0) is 49.4 Å². The van der Waals surface area contributed by atoms with E-state index in [9.17, 15) is 5.26 Å². The van der Waals surface area contributed by atoms with Crippen LogP contribution in [0, 0.1) is 18.3 Å². The summed E-state index contributed by atoms with van der Waals surface area (Å²) in [5.41, 5.74) is 5.38.